The maximum atomic E-state index is 4.67. The minimum absolute atomic E-state index is 1.07. The first kappa shape index (κ1) is 8.72. The van der Waals surface area contributed by atoms with Gasteiger partial charge in [-0.1, -0.05) is 12.1 Å². The largest absolute Gasteiger partial charge is 0.299 e. The highest BCUT2D eigenvalue weighted by molar-refractivity contribution is 5.68. The van der Waals surface area contributed by atoms with Crippen molar-refractivity contribution in [1.82, 2.24) is 9.38 Å². The van der Waals surface area contributed by atoms with E-state index in [4.69, 9.17) is 0 Å². The Bertz CT molecular complexity index is 561. The topological polar surface area (TPSA) is 17.3 Å². The van der Waals surface area contributed by atoms with Crippen LogP contribution in [0.2, 0.25) is 0 Å². The van der Waals surface area contributed by atoms with E-state index in [0.717, 1.165) is 18.5 Å². The van der Waals surface area contributed by atoms with Crippen molar-refractivity contribution >= 4 is 11.2 Å². The van der Waals surface area contributed by atoms with Gasteiger partial charge in [0.15, 0.2) is 0 Å². The van der Waals surface area contributed by atoms with Gasteiger partial charge in [-0.3, -0.25) is 4.40 Å². The van der Waals surface area contributed by atoms with Gasteiger partial charge in [0.2, 0.25) is 0 Å². The molecule has 0 saturated carbocycles. The summed E-state index contributed by atoms with van der Waals surface area (Å²) < 4.78 is 2.22. The van der Waals surface area contributed by atoms with Gasteiger partial charge < -0.3 is 0 Å². The summed E-state index contributed by atoms with van der Waals surface area (Å²) in [5.41, 5.74) is 6.26. The quantitative estimate of drug-likeness (QED) is 0.636. The summed E-state index contributed by atoms with van der Waals surface area (Å²) in [5, 5.41) is 0. The molecular weight excluding hydrogens is 184 g/mol. The molecule has 0 unspecified atom stereocenters. The van der Waals surface area contributed by atoms with E-state index in [1.165, 1.54) is 22.5 Å². The number of aromatic nitrogens is 2. The molecular formula is C13H14N2. The molecule has 76 valence electrons. The lowest BCUT2D eigenvalue weighted by atomic mass is 10.0. The van der Waals surface area contributed by atoms with Crippen LogP contribution in [0.4, 0.5) is 0 Å². The Morgan fingerprint density at radius 1 is 1.27 bits per heavy atom. The second kappa shape index (κ2) is 2.96. The van der Waals surface area contributed by atoms with Crippen molar-refractivity contribution in [2.45, 2.75) is 26.7 Å². The Hall–Kier alpha value is -1.57. The summed E-state index contributed by atoms with van der Waals surface area (Å²) in [7, 11) is 0. The van der Waals surface area contributed by atoms with Gasteiger partial charge in [0.1, 0.15) is 5.65 Å². The summed E-state index contributed by atoms with van der Waals surface area (Å²) in [4.78, 5) is 4.67. The second-order valence-corrected chi connectivity index (χ2v) is 4.27. The maximum Gasteiger partial charge on any atom is 0.137 e. The standard InChI is InChI=1S/C13H14N2/c1-9-6-7-12-14-11-5-3-4-10(2)13(11)15(12)8-9/h4,6-8H,3,5H2,1-2H3. The summed E-state index contributed by atoms with van der Waals surface area (Å²) in [6, 6.07) is 4.22. The van der Waals surface area contributed by atoms with Crippen molar-refractivity contribution in [1.29, 1.82) is 0 Å². The molecule has 0 spiro atoms. The third kappa shape index (κ3) is 1.21. The molecule has 2 heteroatoms. The third-order valence-electron chi connectivity index (χ3n) is 3.04. The van der Waals surface area contributed by atoms with Gasteiger partial charge in [0, 0.05) is 6.20 Å². The summed E-state index contributed by atoms with van der Waals surface area (Å²) in [6.07, 6.45) is 6.68. The van der Waals surface area contributed by atoms with Crippen LogP contribution in [0.5, 0.6) is 0 Å². The molecule has 0 atom stereocenters. The fourth-order valence-electron chi connectivity index (χ4n) is 2.31. The number of fused-ring (bicyclic) bond motifs is 3. The van der Waals surface area contributed by atoms with Crippen LogP contribution in [-0.4, -0.2) is 9.38 Å². The molecule has 0 N–H and O–H groups in total. The molecule has 1 aliphatic rings. The van der Waals surface area contributed by atoms with Gasteiger partial charge in [0.05, 0.1) is 11.4 Å². The van der Waals surface area contributed by atoms with E-state index in [2.05, 4.69) is 47.6 Å². The zero-order chi connectivity index (χ0) is 10.4. The Morgan fingerprint density at radius 2 is 2.13 bits per heavy atom. The molecule has 0 aliphatic heterocycles. The lowest BCUT2D eigenvalue weighted by Crippen LogP contribution is -1.99. The second-order valence-electron chi connectivity index (χ2n) is 4.27. The number of aryl methyl sites for hydroxylation is 2. The van der Waals surface area contributed by atoms with Crippen molar-refractivity contribution < 1.29 is 0 Å². The van der Waals surface area contributed by atoms with E-state index in [9.17, 15) is 0 Å². The molecule has 2 nitrogen and oxygen atoms in total. The van der Waals surface area contributed by atoms with Crippen LogP contribution in [0.25, 0.3) is 11.2 Å². The average Bonchev–Trinajstić information content (AvgIpc) is 2.57. The SMILES string of the molecule is CC1=CCCc2nc3ccc(C)cn3c21. The summed E-state index contributed by atoms with van der Waals surface area (Å²) in [5.74, 6) is 0. The normalized spacial score (nSPS) is 15.2. The van der Waals surface area contributed by atoms with Crippen molar-refractivity contribution in [3.8, 4) is 0 Å². The van der Waals surface area contributed by atoms with Crippen LogP contribution in [0.1, 0.15) is 30.3 Å². The monoisotopic (exact) mass is 198 g/mol. The van der Waals surface area contributed by atoms with Gasteiger partial charge in [-0.15, -0.1) is 0 Å². The fraction of sp³-hybridized carbons (Fsp3) is 0.308. The van der Waals surface area contributed by atoms with E-state index in [1.54, 1.807) is 0 Å². The molecule has 0 aromatic carbocycles. The minimum Gasteiger partial charge on any atom is -0.299 e. The lowest BCUT2D eigenvalue weighted by Gasteiger charge is -2.10. The molecule has 2 aromatic heterocycles. The zero-order valence-electron chi connectivity index (χ0n) is 9.12. The first-order valence-electron chi connectivity index (χ1n) is 5.40. The molecule has 0 bridgehead atoms. The Morgan fingerprint density at radius 3 is 3.00 bits per heavy atom. The molecule has 2 aromatic rings. The van der Waals surface area contributed by atoms with E-state index in [-0.39, 0.29) is 0 Å². The predicted molar refractivity (Wildman–Crippen MR) is 61.9 cm³/mol. The van der Waals surface area contributed by atoms with Gasteiger partial charge in [-0.2, -0.15) is 0 Å². The summed E-state index contributed by atoms with van der Waals surface area (Å²) in [6.45, 7) is 4.29. The Balaban J connectivity index is 2.40. The number of rotatable bonds is 0. The lowest BCUT2D eigenvalue weighted by molar-refractivity contribution is 0.930. The van der Waals surface area contributed by atoms with Crippen LogP contribution >= 0.6 is 0 Å². The molecule has 0 amide bonds. The number of nitrogens with zero attached hydrogens (tertiary/aromatic N) is 2. The van der Waals surface area contributed by atoms with E-state index in [1.807, 2.05) is 0 Å². The van der Waals surface area contributed by atoms with Gasteiger partial charge in [-0.25, -0.2) is 4.98 Å². The number of allylic oxidation sites excluding steroid dienone is 2. The third-order valence-corrected chi connectivity index (χ3v) is 3.04. The summed E-state index contributed by atoms with van der Waals surface area (Å²) >= 11 is 0. The predicted octanol–water partition coefficient (Wildman–Crippen LogP) is 2.99. The van der Waals surface area contributed by atoms with Crippen molar-refractivity contribution in [2.75, 3.05) is 0 Å². The molecule has 0 radical (unpaired) electrons. The number of hydrogen-bond acceptors (Lipinski definition) is 1. The highest BCUT2D eigenvalue weighted by Crippen LogP contribution is 2.26. The highest BCUT2D eigenvalue weighted by atomic mass is 15.0. The first-order chi connectivity index (χ1) is 7.25. The maximum absolute atomic E-state index is 4.67. The fourth-order valence-corrected chi connectivity index (χ4v) is 2.31. The number of imidazole rings is 1. The van der Waals surface area contributed by atoms with E-state index >= 15 is 0 Å². The van der Waals surface area contributed by atoms with Crippen molar-refractivity contribution in [3.05, 3.63) is 41.4 Å². The Labute approximate surface area is 89.3 Å². The Kier molecular flexibility index (Phi) is 1.72. The van der Waals surface area contributed by atoms with Crippen LogP contribution in [0.3, 0.4) is 0 Å². The van der Waals surface area contributed by atoms with Gasteiger partial charge >= 0.3 is 0 Å². The van der Waals surface area contributed by atoms with Gasteiger partial charge in [0.25, 0.3) is 0 Å². The average molecular weight is 198 g/mol. The minimum atomic E-state index is 1.07. The molecule has 15 heavy (non-hydrogen) atoms. The van der Waals surface area contributed by atoms with E-state index < -0.39 is 0 Å². The van der Waals surface area contributed by atoms with Crippen LogP contribution in [0.15, 0.2) is 24.4 Å². The van der Waals surface area contributed by atoms with Crippen LogP contribution < -0.4 is 0 Å². The molecule has 0 fully saturated rings. The van der Waals surface area contributed by atoms with Crippen molar-refractivity contribution in [3.63, 3.8) is 0 Å². The molecule has 0 saturated heterocycles. The van der Waals surface area contributed by atoms with E-state index in [0.29, 0.717) is 0 Å². The van der Waals surface area contributed by atoms with Crippen LogP contribution in [0, 0.1) is 6.92 Å². The smallest absolute Gasteiger partial charge is 0.137 e. The number of hydrogen-bond donors (Lipinski definition) is 0. The molecule has 2 heterocycles. The molecule has 1 aliphatic carbocycles. The highest BCUT2D eigenvalue weighted by Gasteiger charge is 2.16. The first-order valence-corrected chi connectivity index (χ1v) is 5.40. The molecule has 3 rings (SSSR count). The van der Waals surface area contributed by atoms with Crippen molar-refractivity contribution in [2.24, 2.45) is 0 Å². The zero-order valence-corrected chi connectivity index (χ0v) is 9.12. The van der Waals surface area contributed by atoms with Crippen LogP contribution in [-0.2, 0) is 6.42 Å². The van der Waals surface area contributed by atoms with Gasteiger partial charge in [-0.05, 0) is 43.9 Å². The number of pyridine rings is 1.